The summed E-state index contributed by atoms with van der Waals surface area (Å²) < 4.78 is 4.78. The van der Waals surface area contributed by atoms with Crippen molar-refractivity contribution in [2.75, 3.05) is 33.3 Å². The zero-order valence-corrected chi connectivity index (χ0v) is 35.1. The molecule has 4 atom stereocenters. The highest BCUT2D eigenvalue weighted by molar-refractivity contribution is 5.91. The van der Waals surface area contributed by atoms with Crippen LogP contribution in [0.25, 0.3) is 44.4 Å². The van der Waals surface area contributed by atoms with Crippen LogP contribution in [0.5, 0.6) is 0 Å². The average molecular weight is 819 g/mol. The van der Waals surface area contributed by atoms with Crippen molar-refractivity contribution in [2.24, 2.45) is 5.92 Å². The third-order valence-electron chi connectivity index (χ3n) is 12.8. The number of imidazole rings is 2. The number of carbonyl (C=O) groups excluding carboxylic acids is 3. The van der Waals surface area contributed by atoms with Crippen LogP contribution in [0.3, 0.4) is 0 Å². The maximum Gasteiger partial charge on any atom is 0.407 e. The highest BCUT2D eigenvalue weighted by Crippen LogP contribution is 2.38. The molecule has 5 heterocycles. The van der Waals surface area contributed by atoms with Gasteiger partial charge in [-0.1, -0.05) is 92.7 Å². The first-order valence-electron chi connectivity index (χ1n) is 21.7. The van der Waals surface area contributed by atoms with Crippen LogP contribution in [0.1, 0.15) is 87.7 Å². The topological polar surface area (TPSA) is 140 Å². The number of amides is 3. The first-order chi connectivity index (χ1) is 29.7. The van der Waals surface area contributed by atoms with Gasteiger partial charge in [-0.2, -0.15) is 0 Å². The second kappa shape index (κ2) is 17.4. The van der Waals surface area contributed by atoms with Crippen molar-refractivity contribution >= 4 is 28.7 Å². The Labute approximate surface area is 356 Å². The summed E-state index contributed by atoms with van der Waals surface area (Å²) in [5.41, 5.74) is 7.18. The summed E-state index contributed by atoms with van der Waals surface area (Å²) in [5.74, 6) is 1.54. The fourth-order valence-corrected chi connectivity index (χ4v) is 9.55. The minimum Gasteiger partial charge on any atom is -0.453 e. The summed E-state index contributed by atoms with van der Waals surface area (Å²) in [6.45, 7) is 7.07. The first kappa shape index (κ1) is 40.2. The smallest absolute Gasteiger partial charge is 0.407 e. The number of methoxy groups -OCH3 is 1. The van der Waals surface area contributed by atoms with Crippen molar-refractivity contribution in [3.63, 3.8) is 0 Å². The fraction of sp³-hybridized carbons (Fsp3) is 0.367. The van der Waals surface area contributed by atoms with Crippen LogP contribution in [0.2, 0.25) is 0 Å². The number of rotatable bonds is 11. The molecule has 0 radical (unpaired) electrons. The Kier molecular flexibility index (Phi) is 11.4. The predicted molar refractivity (Wildman–Crippen MR) is 236 cm³/mol. The third kappa shape index (κ3) is 8.16. The van der Waals surface area contributed by atoms with Crippen LogP contribution in [0, 0.1) is 5.92 Å². The van der Waals surface area contributed by atoms with E-state index < -0.39 is 12.1 Å². The van der Waals surface area contributed by atoms with E-state index in [1.165, 1.54) is 7.11 Å². The van der Waals surface area contributed by atoms with Gasteiger partial charge in [0.2, 0.25) is 11.8 Å². The number of carbonyl (C=O) groups is 3. The number of aromatic amines is 2. The molecular weight excluding hydrogens is 765 g/mol. The zero-order chi connectivity index (χ0) is 42.0. The Morgan fingerprint density at radius 1 is 0.656 bits per heavy atom. The number of nitrogens with one attached hydrogen (secondary N) is 3. The second-order valence-electron chi connectivity index (χ2n) is 17.0. The van der Waals surface area contributed by atoms with E-state index in [4.69, 9.17) is 14.7 Å². The van der Waals surface area contributed by atoms with Crippen LogP contribution < -0.4 is 5.32 Å². The lowest BCUT2D eigenvalue weighted by molar-refractivity contribution is -0.138. The van der Waals surface area contributed by atoms with Crippen molar-refractivity contribution < 1.29 is 19.1 Å². The van der Waals surface area contributed by atoms with E-state index in [1.807, 2.05) is 49.3 Å². The number of benzene rings is 4. The van der Waals surface area contributed by atoms with E-state index in [2.05, 4.69) is 97.9 Å². The number of aromatic nitrogens is 4. The highest BCUT2D eigenvalue weighted by Gasteiger charge is 2.40. The lowest BCUT2D eigenvalue weighted by Crippen LogP contribution is -2.51. The number of H-pyrrole nitrogens is 2. The van der Waals surface area contributed by atoms with E-state index in [0.29, 0.717) is 6.54 Å². The van der Waals surface area contributed by atoms with E-state index >= 15 is 0 Å². The van der Waals surface area contributed by atoms with E-state index in [-0.39, 0.29) is 35.9 Å². The molecule has 6 aromatic rings. The molecule has 3 fully saturated rings. The molecule has 3 N–H and O–H groups in total. The Bertz CT molecular complexity index is 2510. The fourth-order valence-electron chi connectivity index (χ4n) is 9.55. The van der Waals surface area contributed by atoms with Gasteiger partial charge in [-0.25, -0.2) is 14.8 Å². The van der Waals surface area contributed by atoms with Gasteiger partial charge >= 0.3 is 6.09 Å². The van der Waals surface area contributed by atoms with Crippen molar-refractivity contribution in [1.82, 2.24) is 40.0 Å². The minimum absolute atomic E-state index is 0.0750. The van der Waals surface area contributed by atoms with Gasteiger partial charge in [-0.3, -0.25) is 14.5 Å². The molecule has 3 aliphatic heterocycles. The third-order valence-corrected chi connectivity index (χ3v) is 12.8. The molecular formula is C49H54N8O4. The maximum atomic E-state index is 14.3. The summed E-state index contributed by atoms with van der Waals surface area (Å²) in [7, 11) is 1.30. The number of hydrogen-bond acceptors (Lipinski definition) is 7. The summed E-state index contributed by atoms with van der Waals surface area (Å²) in [4.78, 5) is 62.8. The van der Waals surface area contributed by atoms with Gasteiger partial charge in [0.25, 0.3) is 0 Å². The number of fused-ring (bicyclic) bond motifs is 1. The lowest BCUT2D eigenvalue weighted by atomic mass is 9.98. The standard InChI is InChI=1S/C49H54N8O4/c1-31(2)43(54-49(60)61-3)47(58)56-25-9-13-41(56)45-50-29-39(52-45)33-17-15-32(16-18-33)35-19-20-37-28-38(22-21-36(37)27-35)40-30-51-46(53-40)42-14-10-26-57(42)48(59)44(55-23-7-8-24-55)34-11-5-4-6-12-34/h4-6,11-12,15-22,27-31,41-44H,7-10,13-14,23-26H2,1-3H3,(H,50,52)(H,51,53)(H,54,60). The lowest BCUT2D eigenvalue weighted by Gasteiger charge is -2.33. The Morgan fingerprint density at radius 2 is 1.20 bits per heavy atom. The number of likely N-dealkylation sites (tertiary alicyclic amines) is 3. The van der Waals surface area contributed by atoms with Crippen molar-refractivity contribution in [3.05, 3.63) is 121 Å². The van der Waals surface area contributed by atoms with Gasteiger partial charge in [-0.05, 0) is 103 Å². The van der Waals surface area contributed by atoms with Crippen LogP contribution in [-0.4, -0.2) is 91.9 Å². The van der Waals surface area contributed by atoms with Gasteiger partial charge in [0.05, 0.1) is 43.0 Å². The molecule has 3 aliphatic rings. The molecule has 4 unspecified atom stereocenters. The second-order valence-corrected chi connectivity index (χ2v) is 17.0. The van der Waals surface area contributed by atoms with Gasteiger partial charge in [0.1, 0.15) is 23.7 Å². The summed E-state index contributed by atoms with van der Waals surface area (Å²) in [6, 6.07) is 30.5. The van der Waals surface area contributed by atoms with E-state index in [1.54, 1.807) is 0 Å². The molecule has 314 valence electrons. The van der Waals surface area contributed by atoms with Gasteiger partial charge in [0.15, 0.2) is 0 Å². The Hall–Kier alpha value is -6.27. The summed E-state index contributed by atoms with van der Waals surface area (Å²) >= 11 is 0. The van der Waals surface area contributed by atoms with Crippen LogP contribution >= 0.6 is 0 Å². The monoisotopic (exact) mass is 818 g/mol. The molecule has 12 heteroatoms. The molecule has 9 rings (SSSR count). The number of ether oxygens (including phenoxy) is 1. The van der Waals surface area contributed by atoms with Crippen molar-refractivity contribution in [2.45, 2.75) is 76.5 Å². The quantitative estimate of drug-likeness (QED) is 0.119. The van der Waals surface area contributed by atoms with E-state index in [9.17, 15) is 14.4 Å². The van der Waals surface area contributed by atoms with Crippen LogP contribution in [0.4, 0.5) is 4.79 Å². The normalized spacial score (nSPS) is 19.1. The van der Waals surface area contributed by atoms with Crippen molar-refractivity contribution in [3.8, 4) is 33.6 Å². The molecule has 0 spiro atoms. The van der Waals surface area contributed by atoms with Gasteiger partial charge in [-0.15, -0.1) is 0 Å². The molecule has 0 aliphatic carbocycles. The Morgan fingerprint density at radius 3 is 1.80 bits per heavy atom. The van der Waals surface area contributed by atoms with Crippen molar-refractivity contribution in [1.29, 1.82) is 0 Å². The molecule has 2 aromatic heterocycles. The predicted octanol–water partition coefficient (Wildman–Crippen LogP) is 8.83. The maximum absolute atomic E-state index is 14.3. The minimum atomic E-state index is -0.678. The number of alkyl carbamates (subject to hydrolysis) is 1. The number of hydrogen-bond donors (Lipinski definition) is 3. The Balaban J connectivity index is 0.874. The van der Waals surface area contributed by atoms with Crippen LogP contribution in [-0.2, 0) is 14.3 Å². The average Bonchev–Trinajstić information content (AvgIpc) is 4.15. The van der Waals surface area contributed by atoms with Crippen LogP contribution in [0.15, 0.2) is 103 Å². The molecule has 4 aromatic carbocycles. The highest BCUT2D eigenvalue weighted by atomic mass is 16.5. The SMILES string of the molecule is COC(=O)NC(C(=O)N1CCCC1c1ncc(-c2ccc(-c3ccc4cc(-c5cnc(C6CCCN6C(=O)C(c6ccccc6)N6CCCC6)[nH]5)ccc4c3)cc2)[nH]1)C(C)C. The van der Waals surface area contributed by atoms with Gasteiger partial charge < -0.3 is 29.8 Å². The van der Waals surface area contributed by atoms with E-state index in [0.717, 1.165) is 120 Å². The molecule has 61 heavy (non-hydrogen) atoms. The first-order valence-corrected chi connectivity index (χ1v) is 21.7. The molecule has 3 saturated heterocycles. The van der Waals surface area contributed by atoms with Gasteiger partial charge in [0, 0.05) is 18.7 Å². The summed E-state index contributed by atoms with van der Waals surface area (Å²) in [6.07, 6.45) is 8.88. The molecule has 12 nitrogen and oxygen atoms in total. The summed E-state index contributed by atoms with van der Waals surface area (Å²) in [5, 5.41) is 4.99. The molecule has 0 bridgehead atoms. The number of nitrogens with zero attached hydrogens (tertiary/aromatic N) is 5. The largest absolute Gasteiger partial charge is 0.453 e. The zero-order valence-electron chi connectivity index (χ0n) is 35.1. The molecule has 0 saturated carbocycles. The molecule has 3 amide bonds.